The van der Waals surface area contributed by atoms with Crippen molar-refractivity contribution in [3.8, 4) is 11.1 Å². The summed E-state index contributed by atoms with van der Waals surface area (Å²) in [6.45, 7) is 5.61. The lowest BCUT2D eigenvalue weighted by molar-refractivity contribution is 0.00705. The van der Waals surface area contributed by atoms with Gasteiger partial charge in [-0.1, -0.05) is 48.5 Å². The maximum atomic E-state index is 12.2. The molecule has 0 aliphatic carbocycles. The van der Waals surface area contributed by atoms with Gasteiger partial charge in [-0.05, 0) is 45.0 Å². The number of rotatable bonds is 2. The smallest absolute Gasteiger partial charge is 0.339 e. The fourth-order valence-corrected chi connectivity index (χ4v) is 1.86. The lowest BCUT2D eigenvalue weighted by atomic mass is 10.00. The number of carbonyl (C=O) groups is 1. The summed E-state index contributed by atoms with van der Waals surface area (Å²) < 4.78 is 5.45. The van der Waals surface area contributed by atoms with Gasteiger partial charge in [0, 0.05) is 0 Å². The molecular formula is C18H23NO2. The Kier molecular flexibility index (Phi) is 6.12. The van der Waals surface area contributed by atoms with Crippen LogP contribution in [0.1, 0.15) is 31.1 Å². The molecule has 0 spiro atoms. The Morgan fingerprint density at radius 1 is 0.905 bits per heavy atom. The molecule has 0 radical (unpaired) electrons. The second-order valence-corrected chi connectivity index (χ2v) is 5.41. The number of hydrogen-bond acceptors (Lipinski definition) is 3. The fraction of sp³-hybridized carbons (Fsp3) is 0.278. The van der Waals surface area contributed by atoms with Crippen molar-refractivity contribution in [3.05, 3.63) is 60.2 Å². The molecule has 3 heteroatoms. The lowest BCUT2D eigenvalue weighted by Gasteiger charge is -2.20. The Morgan fingerprint density at radius 2 is 1.43 bits per heavy atom. The molecule has 0 amide bonds. The molecule has 3 nitrogen and oxygen atoms in total. The molecule has 0 bridgehead atoms. The van der Waals surface area contributed by atoms with E-state index >= 15 is 0 Å². The highest BCUT2D eigenvalue weighted by Crippen LogP contribution is 2.25. The van der Waals surface area contributed by atoms with Crippen LogP contribution in [0.2, 0.25) is 0 Å². The molecule has 0 heterocycles. The second kappa shape index (κ2) is 7.60. The van der Waals surface area contributed by atoms with E-state index in [1.165, 1.54) is 7.05 Å². The summed E-state index contributed by atoms with van der Waals surface area (Å²) in [5.74, 6) is -0.285. The zero-order valence-corrected chi connectivity index (χ0v) is 13.1. The van der Waals surface area contributed by atoms with Crippen molar-refractivity contribution in [2.45, 2.75) is 26.4 Å². The molecule has 0 unspecified atom stereocenters. The van der Waals surface area contributed by atoms with Crippen LogP contribution in [0, 0.1) is 0 Å². The van der Waals surface area contributed by atoms with Crippen LogP contribution in [0.5, 0.6) is 0 Å². The summed E-state index contributed by atoms with van der Waals surface area (Å²) in [5, 5.41) is 0. The van der Waals surface area contributed by atoms with Gasteiger partial charge in [-0.2, -0.15) is 0 Å². The first kappa shape index (κ1) is 16.9. The maximum Gasteiger partial charge on any atom is 0.339 e. The Hall–Kier alpha value is -2.13. The average molecular weight is 285 g/mol. The third-order valence-electron chi connectivity index (χ3n) is 2.63. The Morgan fingerprint density at radius 3 is 2.00 bits per heavy atom. The molecule has 0 atom stereocenters. The van der Waals surface area contributed by atoms with Crippen molar-refractivity contribution in [2.75, 3.05) is 7.05 Å². The molecule has 0 saturated heterocycles. The molecule has 0 aromatic heterocycles. The van der Waals surface area contributed by atoms with Gasteiger partial charge in [0.2, 0.25) is 0 Å². The van der Waals surface area contributed by atoms with E-state index in [-0.39, 0.29) is 5.97 Å². The standard InChI is InChI=1S/C17H18O2.CH5N/c1-17(2,3)19-16(18)15-12-8-7-11-14(15)13-9-5-4-6-10-13;1-2/h4-12H,1-3H3;2H2,1H3. The molecule has 112 valence electrons. The fourth-order valence-electron chi connectivity index (χ4n) is 1.86. The quantitative estimate of drug-likeness (QED) is 0.852. The Balaban J connectivity index is 0.00000106. The first-order valence-corrected chi connectivity index (χ1v) is 6.93. The van der Waals surface area contributed by atoms with Crippen LogP contribution < -0.4 is 5.73 Å². The average Bonchev–Trinajstić information content (AvgIpc) is 2.48. The first-order valence-electron chi connectivity index (χ1n) is 6.93. The predicted octanol–water partition coefficient (Wildman–Crippen LogP) is 3.88. The number of carbonyl (C=O) groups excluding carboxylic acids is 1. The number of hydrogen-bond donors (Lipinski definition) is 1. The minimum Gasteiger partial charge on any atom is -0.456 e. The predicted molar refractivity (Wildman–Crippen MR) is 87.2 cm³/mol. The van der Waals surface area contributed by atoms with Crippen LogP contribution in [-0.2, 0) is 4.74 Å². The molecule has 2 aromatic rings. The second-order valence-electron chi connectivity index (χ2n) is 5.41. The minimum absolute atomic E-state index is 0.285. The van der Waals surface area contributed by atoms with Crippen molar-refractivity contribution < 1.29 is 9.53 Å². The third-order valence-corrected chi connectivity index (χ3v) is 2.63. The highest BCUT2D eigenvalue weighted by Gasteiger charge is 2.20. The number of benzene rings is 2. The molecular weight excluding hydrogens is 262 g/mol. The molecule has 0 fully saturated rings. The topological polar surface area (TPSA) is 52.3 Å². The van der Waals surface area contributed by atoms with E-state index in [4.69, 9.17) is 4.74 Å². The third kappa shape index (κ3) is 5.04. The molecule has 2 N–H and O–H groups in total. The van der Waals surface area contributed by atoms with Gasteiger partial charge >= 0.3 is 5.97 Å². The van der Waals surface area contributed by atoms with Crippen molar-refractivity contribution in [1.29, 1.82) is 0 Å². The summed E-state index contributed by atoms with van der Waals surface area (Å²) in [6.07, 6.45) is 0. The van der Waals surface area contributed by atoms with Crippen LogP contribution >= 0.6 is 0 Å². The van der Waals surface area contributed by atoms with Crippen molar-refractivity contribution in [2.24, 2.45) is 5.73 Å². The molecule has 0 saturated carbocycles. The minimum atomic E-state index is -0.485. The highest BCUT2D eigenvalue weighted by atomic mass is 16.6. The molecule has 0 aliphatic rings. The largest absolute Gasteiger partial charge is 0.456 e. The van der Waals surface area contributed by atoms with Gasteiger partial charge in [0.25, 0.3) is 0 Å². The summed E-state index contributed by atoms with van der Waals surface area (Å²) in [5.41, 5.74) is 6.53. The monoisotopic (exact) mass is 285 g/mol. The SMILES string of the molecule is CC(C)(C)OC(=O)c1ccccc1-c1ccccc1.CN. The number of esters is 1. The normalized spacial score (nSPS) is 10.3. The lowest BCUT2D eigenvalue weighted by Crippen LogP contribution is -2.24. The van der Waals surface area contributed by atoms with Crippen molar-refractivity contribution in [3.63, 3.8) is 0 Å². The summed E-state index contributed by atoms with van der Waals surface area (Å²) in [4.78, 5) is 12.2. The van der Waals surface area contributed by atoms with E-state index < -0.39 is 5.60 Å². The number of nitrogens with two attached hydrogens (primary N) is 1. The van der Waals surface area contributed by atoms with Gasteiger partial charge in [0.1, 0.15) is 5.60 Å². The van der Waals surface area contributed by atoms with Crippen LogP contribution in [0.3, 0.4) is 0 Å². The Labute approximate surface area is 126 Å². The van der Waals surface area contributed by atoms with Crippen LogP contribution in [0.25, 0.3) is 11.1 Å². The van der Waals surface area contributed by atoms with Crippen molar-refractivity contribution in [1.82, 2.24) is 0 Å². The molecule has 0 aliphatic heterocycles. The molecule has 2 rings (SSSR count). The Bertz CT molecular complexity index is 571. The van der Waals surface area contributed by atoms with E-state index in [1.54, 1.807) is 6.07 Å². The maximum absolute atomic E-state index is 12.2. The number of ether oxygens (including phenoxy) is 1. The van der Waals surface area contributed by atoms with Gasteiger partial charge in [0.15, 0.2) is 0 Å². The van der Waals surface area contributed by atoms with E-state index in [0.29, 0.717) is 5.56 Å². The van der Waals surface area contributed by atoms with Gasteiger partial charge < -0.3 is 10.5 Å². The summed E-state index contributed by atoms with van der Waals surface area (Å²) >= 11 is 0. The molecule has 21 heavy (non-hydrogen) atoms. The van der Waals surface area contributed by atoms with E-state index in [1.807, 2.05) is 69.3 Å². The zero-order valence-electron chi connectivity index (χ0n) is 13.1. The van der Waals surface area contributed by atoms with E-state index in [0.717, 1.165) is 11.1 Å². The summed E-state index contributed by atoms with van der Waals surface area (Å²) in [6, 6.07) is 17.4. The summed E-state index contributed by atoms with van der Waals surface area (Å²) in [7, 11) is 1.50. The van der Waals surface area contributed by atoms with Gasteiger partial charge in [-0.15, -0.1) is 0 Å². The van der Waals surface area contributed by atoms with Crippen LogP contribution in [0.4, 0.5) is 0 Å². The molecule has 2 aromatic carbocycles. The van der Waals surface area contributed by atoms with Gasteiger partial charge in [0.05, 0.1) is 5.56 Å². The van der Waals surface area contributed by atoms with Crippen molar-refractivity contribution >= 4 is 5.97 Å². The van der Waals surface area contributed by atoms with Gasteiger partial charge in [-0.3, -0.25) is 0 Å². The zero-order chi connectivity index (χ0) is 15.9. The van der Waals surface area contributed by atoms with Crippen LogP contribution in [0.15, 0.2) is 54.6 Å². The highest BCUT2D eigenvalue weighted by molar-refractivity contribution is 5.97. The van der Waals surface area contributed by atoms with E-state index in [2.05, 4.69) is 5.73 Å². The van der Waals surface area contributed by atoms with Crippen LogP contribution in [-0.4, -0.2) is 18.6 Å². The van der Waals surface area contributed by atoms with Gasteiger partial charge in [-0.25, -0.2) is 4.79 Å². The van der Waals surface area contributed by atoms with E-state index in [9.17, 15) is 4.79 Å². The first-order chi connectivity index (χ1) is 9.97.